The summed E-state index contributed by atoms with van der Waals surface area (Å²) in [5.41, 5.74) is 2.08. The van der Waals surface area contributed by atoms with Gasteiger partial charge in [-0.3, -0.25) is 24.1 Å². The van der Waals surface area contributed by atoms with Crippen LogP contribution in [-0.4, -0.2) is 94.7 Å². The third-order valence-electron chi connectivity index (χ3n) is 8.09. The third-order valence-corrected chi connectivity index (χ3v) is 8.09. The van der Waals surface area contributed by atoms with Crippen molar-refractivity contribution < 1.29 is 44.3 Å². The molecule has 0 bridgehead atoms. The first-order valence-electron chi connectivity index (χ1n) is 12.5. The van der Waals surface area contributed by atoms with Crippen LogP contribution in [0.25, 0.3) is 5.76 Å². The standard InChI is InChI=1S/C27H33N3O9/c1-7-13(32)39-23-15-10(2)14-11(29(3)4)8-9-12(31)16(14)21(33)17(15)24(35)27(38)19(23)20(30(5)6)22(34)18(25(27)36)26(28)37/h8-10,15,19-20,23,31,33,36,38H,7H2,1-6H3,(H2,28,37)/t10-,15-,19+,20-,23-,27-/m1/s1. The van der Waals surface area contributed by atoms with E-state index in [2.05, 4.69) is 0 Å². The molecule has 1 fully saturated rings. The van der Waals surface area contributed by atoms with E-state index in [9.17, 15) is 39.6 Å². The van der Waals surface area contributed by atoms with Gasteiger partial charge in [-0.15, -0.1) is 0 Å². The number of benzene rings is 1. The van der Waals surface area contributed by atoms with Gasteiger partial charge in [0, 0.05) is 37.7 Å². The van der Waals surface area contributed by atoms with Gasteiger partial charge in [0.05, 0.1) is 17.5 Å². The number of likely N-dealkylation sites (N-methyl/N-ethyl adjacent to an activating group) is 1. The molecule has 6 atom stereocenters. The maximum absolute atomic E-state index is 14.2. The van der Waals surface area contributed by atoms with Gasteiger partial charge in [-0.25, -0.2) is 0 Å². The van der Waals surface area contributed by atoms with E-state index in [-0.39, 0.29) is 17.7 Å². The summed E-state index contributed by atoms with van der Waals surface area (Å²) in [5.74, 6) is -9.85. The molecule has 0 heterocycles. The van der Waals surface area contributed by atoms with Crippen molar-refractivity contribution >= 4 is 34.9 Å². The molecule has 0 radical (unpaired) electrons. The number of amides is 1. The lowest BCUT2D eigenvalue weighted by Crippen LogP contribution is -2.71. The number of primary amides is 1. The Morgan fingerprint density at radius 3 is 2.23 bits per heavy atom. The lowest BCUT2D eigenvalue weighted by atomic mass is 9.54. The first-order chi connectivity index (χ1) is 18.1. The summed E-state index contributed by atoms with van der Waals surface area (Å²) >= 11 is 0. The number of ketones is 2. The average molecular weight is 544 g/mol. The zero-order valence-electron chi connectivity index (χ0n) is 22.6. The number of ether oxygens (including phenoxy) is 1. The van der Waals surface area contributed by atoms with Crippen LogP contribution in [0.1, 0.15) is 37.3 Å². The van der Waals surface area contributed by atoms with Crippen LogP contribution in [0.2, 0.25) is 0 Å². The van der Waals surface area contributed by atoms with Crippen molar-refractivity contribution in [2.75, 3.05) is 33.1 Å². The highest BCUT2D eigenvalue weighted by molar-refractivity contribution is 6.24. The molecule has 3 aliphatic carbocycles. The molecule has 1 amide bonds. The van der Waals surface area contributed by atoms with Crippen molar-refractivity contribution in [2.24, 2.45) is 17.6 Å². The van der Waals surface area contributed by atoms with Crippen LogP contribution in [0, 0.1) is 11.8 Å². The van der Waals surface area contributed by atoms with Gasteiger partial charge in [0.1, 0.15) is 28.9 Å². The van der Waals surface area contributed by atoms with Crippen LogP contribution in [-0.2, 0) is 23.9 Å². The number of carbonyl (C=O) groups excluding carboxylic acids is 4. The summed E-state index contributed by atoms with van der Waals surface area (Å²) < 4.78 is 5.83. The topological polar surface area (TPSA) is 191 Å². The number of carbonyl (C=O) groups is 4. The Kier molecular flexibility index (Phi) is 6.76. The van der Waals surface area contributed by atoms with Gasteiger partial charge in [-0.1, -0.05) is 13.8 Å². The summed E-state index contributed by atoms with van der Waals surface area (Å²) in [6.07, 6.45) is -1.51. The molecule has 0 saturated heterocycles. The first-order valence-corrected chi connectivity index (χ1v) is 12.5. The second-order valence-corrected chi connectivity index (χ2v) is 10.7. The number of aromatic hydroxyl groups is 1. The number of phenolic OH excluding ortho intramolecular Hbond substituents is 1. The van der Waals surface area contributed by atoms with Crippen molar-refractivity contribution in [2.45, 2.75) is 43.9 Å². The van der Waals surface area contributed by atoms with Gasteiger partial charge < -0.3 is 35.8 Å². The van der Waals surface area contributed by atoms with Crippen molar-refractivity contribution in [3.8, 4) is 5.75 Å². The largest absolute Gasteiger partial charge is 0.508 e. The predicted molar refractivity (Wildman–Crippen MR) is 139 cm³/mol. The normalized spacial score (nSPS) is 30.1. The molecule has 1 aromatic carbocycles. The lowest BCUT2D eigenvalue weighted by molar-refractivity contribution is -0.185. The molecule has 39 heavy (non-hydrogen) atoms. The quantitative estimate of drug-likeness (QED) is 0.257. The van der Waals surface area contributed by atoms with Gasteiger partial charge in [0.15, 0.2) is 11.4 Å². The molecule has 6 N–H and O–H groups in total. The van der Waals surface area contributed by atoms with E-state index in [1.165, 1.54) is 32.0 Å². The fourth-order valence-corrected chi connectivity index (χ4v) is 6.41. The molecule has 0 unspecified atom stereocenters. The molecule has 4 rings (SSSR count). The Labute approximate surface area is 224 Å². The minimum Gasteiger partial charge on any atom is -0.508 e. The van der Waals surface area contributed by atoms with E-state index in [0.29, 0.717) is 11.3 Å². The van der Waals surface area contributed by atoms with Crippen LogP contribution in [0.3, 0.4) is 0 Å². The Balaban J connectivity index is 2.15. The SMILES string of the molecule is CCC(=O)O[C@@H]1[C@H]2C(=C(O)c3c(O)ccc(N(C)C)c3[C@H]2C)C(=O)[C@@]2(O)C(O)=C(C(N)=O)C(=O)[C@H](N(C)C)[C@@H]12. The zero-order chi connectivity index (χ0) is 29.3. The fourth-order valence-electron chi connectivity index (χ4n) is 6.41. The second-order valence-electron chi connectivity index (χ2n) is 10.7. The van der Waals surface area contributed by atoms with E-state index < -0.39 is 81.6 Å². The molecule has 1 saturated carbocycles. The molecule has 3 aliphatic rings. The molecule has 0 aliphatic heterocycles. The predicted octanol–water partition coefficient (Wildman–Crippen LogP) is 0.523. The van der Waals surface area contributed by atoms with Gasteiger partial charge in [-0.05, 0) is 37.7 Å². The molecule has 12 nitrogen and oxygen atoms in total. The monoisotopic (exact) mass is 543 g/mol. The fraction of sp³-hybridized carbons (Fsp3) is 0.481. The van der Waals surface area contributed by atoms with Crippen LogP contribution in [0.5, 0.6) is 5.75 Å². The average Bonchev–Trinajstić information content (AvgIpc) is 2.84. The summed E-state index contributed by atoms with van der Waals surface area (Å²) in [5, 5.41) is 45.4. The smallest absolute Gasteiger partial charge is 0.305 e. The summed E-state index contributed by atoms with van der Waals surface area (Å²) in [4.78, 5) is 55.7. The number of anilines is 1. The van der Waals surface area contributed by atoms with Gasteiger partial charge >= 0.3 is 5.97 Å². The minimum absolute atomic E-state index is 0.0504. The number of aliphatic hydroxyl groups is 3. The Morgan fingerprint density at radius 2 is 1.72 bits per heavy atom. The maximum atomic E-state index is 14.2. The number of phenols is 1. The molecule has 210 valence electrons. The molecular formula is C27H33N3O9. The van der Waals surface area contributed by atoms with Gasteiger partial charge in [0.2, 0.25) is 5.78 Å². The van der Waals surface area contributed by atoms with E-state index in [1.807, 2.05) is 0 Å². The highest BCUT2D eigenvalue weighted by Gasteiger charge is 2.69. The van der Waals surface area contributed by atoms with Crippen molar-refractivity contribution in [3.05, 3.63) is 40.2 Å². The van der Waals surface area contributed by atoms with Crippen molar-refractivity contribution in [3.63, 3.8) is 0 Å². The Hall–Kier alpha value is -3.90. The number of hydrogen-bond donors (Lipinski definition) is 5. The maximum Gasteiger partial charge on any atom is 0.305 e. The number of rotatable bonds is 5. The molecule has 12 heteroatoms. The number of nitrogens with two attached hydrogens (primary N) is 1. The highest BCUT2D eigenvalue weighted by atomic mass is 16.5. The number of esters is 1. The number of fused-ring (bicyclic) bond motifs is 3. The van der Waals surface area contributed by atoms with E-state index in [1.54, 1.807) is 32.0 Å². The zero-order valence-corrected chi connectivity index (χ0v) is 22.6. The number of nitrogens with zero attached hydrogens (tertiary/aromatic N) is 2. The summed E-state index contributed by atoms with van der Waals surface area (Å²) in [6.45, 7) is 3.25. The van der Waals surface area contributed by atoms with Crippen LogP contribution < -0.4 is 10.6 Å². The van der Waals surface area contributed by atoms with Crippen molar-refractivity contribution in [1.29, 1.82) is 0 Å². The lowest BCUT2D eigenvalue weighted by Gasteiger charge is -2.54. The third kappa shape index (κ3) is 3.73. The molecule has 0 spiro atoms. The first kappa shape index (κ1) is 28.1. The molecule has 0 aromatic heterocycles. The number of Topliss-reactive ketones (excluding diaryl/α,β-unsaturated/α-hetero) is 2. The van der Waals surface area contributed by atoms with Crippen LogP contribution in [0.4, 0.5) is 5.69 Å². The van der Waals surface area contributed by atoms with Crippen LogP contribution in [0.15, 0.2) is 29.0 Å². The van der Waals surface area contributed by atoms with Crippen LogP contribution >= 0.6 is 0 Å². The van der Waals surface area contributed by atoms with E-state index in [4.69, 9.17) is 10.5 Å². The Bertz CT molecular complexity index is 1360. The number of hydrogen-bond acceptors (Lipinski definition) is 11. The van der Waals surface area contributed by atoms with Gasteiger partial charge in [-0.2, -0.15) is 0 Å². The molecular weight excluding hydrogens is 510 g/mol. The van der Waals surface area contributed by atoms with E-state index >= 15 is 0 Å². The summed E-state index contributed by atoms with van der Waals surface area (Å²) in [6, 6.07) is 1.57. The Morgan fingerprint density at radius 1 is 1.10 bits per heavy atom. The summed E-state index contributed by atoms with van der Waals surface area (Å²) in [7, 11) is 6.45. The van der Waals surface area contributed by atoms with Crippen molar-refractivity contribution in [1.82, 2.24) is 4.90 Å². The second kappa shape index (κ2) is 9.38. The highest BCUT2D eigenvalue weighted by Crippen LogP contribution is 2.58. The number of aliphatic hydroxyl groups excluding tert-OH is 2. The minimum atomic E-state index is -2.96. The van der Waals surface area contributed by atoms with E-state index in [0.717, 1.165) is 0 Å². The molecule has 1 aromatic rings. The van der Waals surface area contributed by atoms with Gasteiger partial charge in [0.25, 0.3) is 5.91 Å².